The molecule has 0 bridgehead atoms. The van der Waals surface area contributed by atoms with E-state index in [-0.39, 0.29) is 5.91 Å². The van der Waals surface area contributed by atoms with Gasteiger partial charge in [-0.25, -0.2) is 4.98 Å². The highest BCUT2D eigenvalue weighted by atomic mass is 16.2. The summed E-state index contributed by atoms with van der Waals surface area (Å²) in [5.74, 6) is 0.328. The van der Waals surface area contributed by atoms with Crippen molar-refractivity contribution >= 4 is 16.9 Å². The van der Waals surface area contributed by atoms with Gasteiger partial charge in [0.15, 0.2) is 5.82 Å². The summed E-state index contributed by atoms with van der Waals surface area (Å²) in [6.07, 6.45) is 0. The van der Waals surface area contributed by atoms with Crippen LogP contribution in [0.3, 0.4) is 0 Å². The number of hydrogen-bond acceptors (Lipinski definition) is 2. The highest BCUT2D eigenvalue weighted by Gasteiger charge is 2.13. The monoisotopic (exact) mass is 203 g/mol. The van der Waals surface area contributed by atoms with Gasteiger partial charge >= 0.3 is 0 Å². The van der Waals surface area contributed by atoms with Crippen LogP contribution in [0.4, 0.5) is 0 Å². The highest BCUT2D eigenvalue weighted by Crippen LogP contribution is 2.13. The fourth-order valence-electron chi connectivity index (χ4n) is 1.59. The number of nitrogens with zero attached hydrogens (tertiary/aromatic N) is 2. The van der Waals surface area contributed by atoms with E-state index in [1.165, 1.54) is 0 Å². The second-order valence-corrected chi connectivity index (χ2v) is 3.34. The van der Waals surface area contributed by atoms with E-state index in [2.05, 4.69) is 10.3 Å². The van der Waals surface area contributed by atoms with Crippen molar-refractivity contribution in [2.24, 2.45) is 7.05 Å². The summed E-state index contributed by atoms with van der Waals surface area (Å²) in [6, 6.07) is 7.70. The van der Waals surface area contributed by atoms with Crippen molar-refractivity contribution in [3.8, 4) is 0 Å². The molecule has 1 aromatic carbocycles. The smallest absolute Gasteiger partial charge is 0.287 e. The molecule has 1 aromatic heterocycles. The number of aryl methyl sites for hydroxylation is 1. The van der Waals surface area contributed by atoms with E-state index in [9.17, 15) is 4.79 Å². The molecule has 0 saturated heterocycles. The third-order valence-electron chi connectivity index (χ3n) is 2.33. The van der Waals surface area contributed by atoms with Crippen LogP contribution in [0.25, 0.3) is 11.0 Å². The molecule has 15 heavy (non-hydrogen) atoms. The molecule has 78 valence electrons. The van der Waals surface area contributed by atoms with Crippen LogP contribution in [0.15, 0.2) is 24.3 Å². The lowest BCUT2D eigenvalue weighted by molar-refractivity contribution is 0.0943. The summed E-state index contributed by atoms with van der Waals surface area (Å²) < 4.78 is 1.81. The number of imidazole rings is 1. The van der Waals surface area contributed by atoms with Crippen LogP contribution in [-0.2, 0) is 7.05 Å². The van der Waals surface area contributed by atoms with E-state index >= 15 is 0 Å². The molecular weight excluding hydrogens is 190 g/mol. The fraction of sp³-hybridized carbons (Fsp3) is 0.273. The van der Waals surface area contributed by atoms with Crippen LogP contribution in [-0.4, -0.2) is 22.0 Å². The number of hydrogen-bond donors (Lipinski definition) is 1. The molecule has 0 aliphatic heterocycles. The summed E-state index contributed by atoms with van der Waals surface area (Å²) in [5, 5.41) is 2.74. The van der Waals surface area contributed by atoms with Gasteiger partial charge in [0.2, 0.25) is 0 Å². The molecule has 0 radical (unpaired) electrons. The molecule has 1 N–H and O–H groups in total. The number of rotatable bonds is 2. The Kier molecular flexibility index (Phi) is 2.41. The van der Waals surface area contributed by atoms with Gasteiger partial charge in [-0.15, -0.1) is 0 Å². The third-order valence-corrected chi connectivity index (χ3v) is 2.33. The number of aromatic nitrogens is 2. The van der Waals surface area contributed by atoms with Gasteiger partial charge in [0.05, 0.1) is 11.0 Å². The molecule has 1 amide bonds. The normalized spacial score (nSPS) is 10.5. The van der Waals surface area contributed by atoms with E-state index in [1.54, 1.807) is 4.57 Å². The van der Waals surface area contributed by atoms with Crippen LogP contribution in [0.2, 0.25) is 0 Å². The molecule has 2 aromatic rings. The van der Waals surface area contributed by atoms with Crippen molar-refractivity contribution in [3.63, 3.8) is 0 Å². The van der Waals surface area contributed by atoms with Gasteiger partial charge in [0.25, 0.3) is 5.91 Å². The quantitative estimate of drug-likeness (QED) is 0.800. The number of carbonyl (C=O) groups excluding carboxylic acids is 1. The Balaban J connectivity index is 2.53. The Hall–Kier alpha value is -1.84. The predicted octanol–water partition coefficient (Wildman–Crippen LogP) is 1.32. The van der Waals surface area contributed by atoms with Gasteiger partial charge in [-0.3, -0.25) is 4.79 Å². The fourth-order valence-corrected chi connectivity index (χ4v) is 1.59. The largest absolute Gasteiger partial charge is 0.350 e. The van der Waals surface area contributed by atoms with Gasteiger partial charge in [0.1, 0.15) is 0 Å². The second kappa shape index (κ2) is 3.73. The maximum Gasteiger partial charge on any atom is 0.287 e. The van der Waals surface area contributed by atoms with E-state index in [4.69, 9.17) is 0 Å². The summed E-state index contributed by atoms with van der Waals surface area (Å²) in [7, 11) is 1.85. The predicted molar refractivity (Wildman–Crippen MR) is 58.7 cm³/mol. The minimum Gasteiger partial charge on any atom is -0.350 e. The van der Waals surface area contributed by atoms with Crippen molar-refractivity contribution in [2.45, 2.75) is 6.92 Å². The van der Waals surface area contributed by atoms with E-state index in [1.807, 2.05) is 38.2 Å². The number of amides is 1. The van der Waals surface area contributed by atoms with Crippen molar-refractivity contribution < 1.29 is 4.79 Å². The molecule has 0 unspecified atom stereocenters. The van der Waals surface area contributed by atoms with Gasteiger partial charge in [0, 0.05) is 13.6 Å². The Bertz CT molecular complexity index is 502. The topological polar surface area (TPSA) is 46.9 Å². The maximum atomic E-state index is 11.6. The summed E-state index contributed by atoms with van der Waals surface area (Å²) in [4.78, 5) is 15.9. The van der Waals surface area contributed by atoms with E-state index < -0.39 is 0 Å². The Morgan fingerprint density at radius 1 is 1.47 bits per heavy atom. The van der Waals surface area contributed by atoms with Crippen LogP contribution in [0.5, 0.6) is 0 Å². The van der Waals surface area contributed by atoms with Gasteiger partial charge < -0.3 is 9.88 Å². The lowest BCUT2D eigenvalue weighted by Gasteiger charge is -2.01. The molecule has 0 aliphatic carbocycles. The van der Waals surface area contributed by atoms with Crippen LogP contribution < -0.4 is 5.32 Å². The molecule has 0 atom stereocenters. The first-order chi connectivity index (χ1) is 7.24. The molecule has 4 nitrogen and oxygen atoms in total. The number of benzene rings is 1. The standard InChI is InChI=1S/C11H13N3O/c1-3-12-11(15)10-13-8-6-4-5-7-9(8)14(10)2/h4-7H,3H2,1-2H3,(H,12,15). The number of nitrogens with one attached hydrogen (secondary N) is 1. The average molecular weight is 203 g/mol. The maximum absolute atomic E-state index is 11.6. The molecule has 0 saturated carbocycles. The average Bonchev–Trinajstić information content (AvgIpc) is 2.57. The van der Waals surface area contributed by atoms with Gasteiger partial charge in [-0.1, -0.05) is 12.1 Å². The molecule has 0 fully saturated rings. The first kappa shape index (κ1) is 9.71. The van der Waals surface area contributed by atoms with Crippen LogP contribution in [0.1, 0.15) is 17.5 Å². The molecule has 0 spiro atoms. The van der Waals surface area contributed by atoms with Crippen molar-refractivity contribution in [2.75, 3.05) is 6.54 Å². The minimum absolute atomic E-state index is 0.129. The van der Waals surface area contributed by atoms with E-state index in [0.717, 1.165) is 11.0 Å². The van der Waals surface area contributed by atoms with Gasteiger partial charge in [-0.05, 0) is 19.1 Å². The highest BCUT2D eigenvalue weighted by molar-refractivity contribution is 5.94. The lowest BCUT2D eigenvalue weighted by atomic mass is 10.3. The van der Waals surface area contributed by atoms with Gasteiger partial charge in [-0.2, -0.15) is 0 Å². The van der Waals surface area contributed by atoms with Crippen molar-refractivity contribution in [3.05, 3.63) is 30.1 Å². The van der Waals surface area contributed by atoms with E-state index in [0.29, 0.717) is 12.4 Å². The lowest BCUT2D eigenvalue weighted by Crippen LogP contribution is -2.25. The second-order valence-electron chi connectivity index (χ2n) is 3.34. The van der Waals surface area contributed by atoms with Crippen molar-refractivity contribution in [1.82, 2.24) is 14.9 Å². The first-order valence-corrected chi connectivity index (χ1v) is 4.93. The van der Waals surface area contributed by atoms with Crippen molar-refractivity contribution in [1.29, 1.82) is 0 Å². The summed E-state index contributed by atoms with van der Waals surface area (Å²) in [5.41, 5.74) is 1.82. The first-order valence-electron chi connectivity index (χ1n) is 4.93. The third kappa shape index (κ3) is 1.58. The molecule has 0 aliphatic rings. The zero-order valence-corrected chi connectivity index (χ0v) is 8.82. The Morgan fingerprint density at radius 2 is 2.20 bits per heavy atom. The van der Waals surface area contributed by atoms with Crippen LogP contribution >= 0.6 is 0 Å². The molecule has 4 heteroatoms. The number of para-hydroxylation sites is 2. The number of fused-ring (bicyclic) bond motifs is 1. The van der Waals surface area contributed by atoms with Crippen LogP contribution in [0, 0.1) is 0 Å². The summed E-state index contributed by atoms with van der Waals surface area (Å²) in [6.45, 7) is 2.50. The molecule has 1 heterocycles. The Labute approximate surface area is 87.9 Å². The molecular formula is C11H13N3O. The SMILES string of the molecule is CCNC(=O)c1nc2ccccc2n1C. The Morgan fingerprint density at radius 3 is 2.87 bits per heavy atom. The number of carbonyl (C=O) groups is 1. The zero-order chi connectivity index (χ0) is 10.8. The minimum atomic E-state index is -0.129. The molecule has 2 rings (SSSR count). The summed E-state index contributed by atoms with van der Waals surface area (Å²) >= 11 is 0. The zero-order valence-electron chi connectivity index (χ0n) is 8.82.